The maximum atomic E-state index is 10.5. The zero-order chi connectivity index (χ0) is 12.8. The maximum absolute atomic E-state index is 10.5. The number of nitrogens with zero attached hydrogens (tertiary/aromatic N) is 1. The average Bonchev–Trinajstić information content (AvgIpc) is 2.88. The van der Waals surface area contributed by atoms with Gasteiger partial charge >= 0.3 is 5.97 Å². The normalized spacial score (nSPS) is 10.7. The van der Waals surface area contributed by atoms with Gasteiger partial charge in [-0.2, -0.15) is 0 Å². The molecule has 0 radical (unpaired) electrons. The lowest BCUT2D eigenvalue weighted by molar-refractivity contribution is -0.131. The highest BCUT2D eigenvalue weighted by Crippen LogP contribution is 2.20. The number of carboxylic acids is 1. The van der Waals surface area contributed by atoms with Gasteiger partial charge < -0.3 is 14.4 Å². The van der Waals surface area contributed by atoms with E-state index in [1.807, 2.05) is 12.1 Å². The van der Waals surface area contributed by atoms with Crippen LogP contribution >= 0.6 is 0 Å². The molecular weight excluding hydrogens is 234 g/mol. The first-order valence-corrected chi connectivity index (χ1v) is 5.28. The second-order valence-corrected chi connectivity index (χ2v) is 3.48. The molecule has 2 rings (SSSR count). The fraction of sp³-hybridized carbons (Fsp3) is 0.0769. The molecule has 0 fully saturated rings. The van der Waals surface area contributed by atoms with Gasteiger partial charge in [0, 0.05) is 17.7 Å². The molecule has 1 aromatic carbocycles. The van der Waals surface area contributed by atoms with Crippen LogP contribution in [0.3, 0.4) is 0 Å². The summed E-state index contributed by atoms with van der Waals surface area (Å²) in [6, 6.07) is 8.86. The van der Waals surface area contributed by atoms with Gasteiger partial charge in [0.2, 0.25) is 0 Å². The predicted molar refractivity (Wildman–Crippen MR) is 63.9 cm³/mol. The van der Waals surface area contributed by atoms with Crippen molar-refractivity contribution in [2.45, 2.75) is 6.61 Å². The fourth-order valence-electron chi connectivity index (χ4n) is 1.38. The molecule has 18 heavy (non-hydrogen) atoms. The van der Waals surface area contributed by atoms with Crippen molar-refractivity contribution in [1.82, 2.24) is 5.16 Å². The van der Waals surface area contributed by atoms with Crippen molar-refractivity contribution in [1.29, 1.82) is 0 Å². The van der Waals surface area contributed by atoms with Crippen LogP contribution in [0.1, 0.15) is 11.3 Å². The fourth-order valence-corrected chi connectivity index (χ4v) is 1.38. The summed E-state index contributed by atoms with van der Waals surface area (Å²) in [5.41, 5.74) is 0.694. The van der Waals surface area contributed by atoms with E-state index in [2.05, 4.69) is 5.16 Å². The number of rotatable bonds is 5. The molecule has 0 amide bonds. The molecule has 1 heterocycles. The van der Waals surface area contributed by atoms with Crippen LogP contribution in [0.25, 0.3) is 6.08 Å². The summed E-state index contributed by atoms with van der Waals surface area (Å²) in [5.74, 6) is 0.193. The third kappa shape index (κ3) is 3.21. The molecule has 0 aliphatic carbocycles. The van der Waals surface area contributed by atoms with Crippen LogP contribution in [0, 0.1) is 0 Å². The first-order chi connectivity index (χ1) is 8.75. The van der Waals surface area contributed by atoms with E-state index >= 15 is 0 Å². The Bertz CT molecular complexity index is 546. The third-order valence-corrected chi connectivity index (χ3v) is 2.19. The first kappa shape index (κ1) is 11.9. The highest BCUT2D eigenvalue weighted by atomic mass is 16.5. The van der Waals surface area contributed by atoms with Gasteiger partial charge in [0.05, 0.1) is 6.20 Å². The van der Waals surface area contributed by atoms with Crippen LogP contribution in [-0.4, -0.2) is 16.2 Å². The SMILES string of the molecule is O=C(O)/C=C/c1ccccc1OCc1ccno1. The molecule has 5 heteroatoms. The summed E-state index contributed by atoms with van der Waals surface area (Å²) in [6.45, 7) is 0.248. The summed E-state index contributed by atoms with van der Waals surface area (Å²) in [6.07, 6.45) is 4.09. The number of carbonyl (C=O) groups is 1. The van der Waals surface area contributed by atoms with E-state index in [9.17, 15) is 4.79 Å². The van der Waals surface area contributed by atoms with Crippen molar-refractivity contribution in [3.63, 3.8) is 0 Å². The van der Waals surface area contributed by atoms with Crippen LogP contribution < -0.4 is 4.74 Å². The van der Waals surface area contributed by atoms with Gasteiger partial charge in [-0.25, -0.2) is 4.79 Å². The number of benzene rings is 1. The smallest absolute Gasteiger partial charge is 0.328 e. The van der Waals surface area contributed by atoms with E-state index in [1.54, 1.807) is 18.2 Å². The second-order valence-electron chi connectivity index (χ2n) is 3.48. The second kappa shape index (κ2) is 5.67. The van der Waals surface area contributed by atoms with Crippen molar-refractivity contribution in [2.24, 2.45) is 0 Å². The minimum atomic E-state index is -1.000. The van der Waals surface area contributed by atoms with Crippen molar-refractivity contribution in [2.75, 3.05) is 0 Å². The lowest BCUT2D eigenvalue weighted by Crippen LogP contribution is -1.95. The Hall–Kier alpha value is -2.56. The monoisotopic (exact) mass is 245 g/mol. The van der Waals surface area contributed by atoms with Crippen LogP contribution in [0.4, 0.5) is 0 Å². The summed E-state index contributed by atoms with van der Waals surface area (Å²) >= 11 is 0. The van der Waals surface area contributed by atoms with E-state index < -0.39 is 5.97 Å². The third-order valence-electron chi connectivity index (χ3n) is 2.19. The van der Waals surface area contributed by atoms with E-state index in [1.165, 1.54) is 12.3 Å². The van der Waals surface area contributed by atoms with Crippen molar-refractivity contribution >= 4 is 12.0 Å². The molecule has 1 aromatic heterocycles. The molecule has 0 saturated heterocycles. The number of carboxylic acid groups (broad SMARTS) is 1. The Morgan fingerprint density at radius 1 is 1.39 bits per heavy atom. The number of ether oxygens (including phenoxy) is 1. The topological polar surface area (TPSA) is 72.6 Å². The lowest BCUT2D eigenvalue weighted by atomic mass is 10.2. The average molecular weight is 245 g/mol. The number of para-hydroxylation sites is 1. The van der Waals surface area contributed by atoms with Gasteiger partial charge in [0.1, 0.15) is 12.4 Å². The van der Waals surface area contributed by atoms with Gasteiger partial charge in [-0.15, -0.1) is 0 Å². The summed E-state index contributed by atoms with van der Waals surface area (Å²) in [7, 11) is 0. The zero-order valence-corrected chi connectivity index (χ0v) is 9.45. The zero-order valence-electron chi connectivity index (χ0n) is 9.45. The first-order valence-electron chi connectivity index (χ1n) is 5.28. The van der Waals surface area contributed by atoms with Crippen LogP contribution in [0.15, 0.2) is 47.1 Å². The molecule has 5 nitrogen and oxygen atoms in total. The summed E-state index contributed by atoms with van der Waals surface area (Å²) in [5, 5.41) is 12.2. The minimum absolute atomic E-state index is 0.248. The van der Waals surface area contributed by atoms with Crippen LogP contribution in [-0.2, 0) is 11.4 Å². The molecule has 92 valence electrons. The molecular formula is C13H11NO4. The lowest BCUT2D eigenvalue weighted by Gasteiger charge is -2.06. The van der Waals surface area contributed by atoms with Gasteiger partial charge in [-0.05, 0) is 12.1 Å². The largest absolute Gasteiger partial charge is 0.485 e. The van der Waals surface area contributed by atoms with E-state index in [-0.39, 0.29) is 6.61 Å². The molecule has 0 aliphatic rings. The molecule has 1 N–H and O–H groups in total. The number of aliphatic carboxylic acids is 1. The van der Waals surface area contributed by atoms with Crippen molar-refractivity contribution < 1.29 is 19.2 Å². The maximum Gasteiger partial charge on any atom is 0.328 e. The molecule has 0 spiro atoms. The van der Waals surface area contributed by atoms with Gasteiger partial charge in [0.25, 0.3) is 0 Å². The Morgan fingerprint density at radius 3 is 2.94 bits per heavy atom. The number of aromatic nitrogens is 1. The molecule has 0 unspecified atom stereocenters. The van der Waals surface area contributed by atoms with E-state index in [0.717, 1.165) is 6.08 Å². The van der Waals surface area contributed by atoms with Crippen LogP contribution in [0.2, 0.25) is 0 Å². The van der Waals surface area contributed by atoms with Crippen molar-refractivity contribution in [3.05, 3.63) is 53.9 Å². The van der Waals surface area contributed by atoms with E-state index in [0.29, 0.717) is 17.1 Å². The Labute approximate surface area is 103 Å². The molecule has 0 bridgehead atoms. The Balaban J connectivity index is 2.09. The number of hydrogen-bond donors (Lipinski definition) is 1. The molecule has 0 atom stereocenters. The van der Waals surface area contributed by atoms with Crippen molar-refractivity contribution in [3.8, 4) is 5.75 Å². The van der Waals surface area contributed by atoms with Gasteiger partial charge in [-0.1, -0.05) is 23.4 Å². The van der Waals surface area contributed by atoms with E-state index in [4.69, 9.17) is 14.4 Å². The standard InChI is InChI=1S/C13H11NO4/c15-13(16)6-5-10-3-1-2-4-12(10)17-9-11-7-8-14-18-11/h1-8H,9H2,(H,15,16)/b6-5+. The number of hydrogen-bond acceptors (Lipinski definition) is 4. The Kier molecular flexibility index (Phi) is 3.76. The Morgan fingerprint density at radius 2 is 2.22 bits per heavy atom. The molecule has 2 aromatic rings. The highest BCUT2D eigenvalue weighted by molar-refractivity contribution is 5.85. The summed E-state index contributed by atoms with van der Waals surface area (Å²) in [4.78, 5) is 10.5. The van der Waals surface area contributed by atoms with Crippen LogP contribution in [0.5, 0.6) is 5.75 Å². The van der Waals surface area contributed by atoms with Gasteiger partial charge in [0.15, 0.2) is 5.76 Å². The molecule has 0 saturated carbocycles. The summed E-state index contributed by atoms with van der Waals surface area (Å²) < 4.78 is 10.4. The van der Waals surface area contributed by atoms with Gasteiger partial charge in [-0.3, -0.25) is 0 Å². The predicted octanol–water partition coefficient (Wildman–Crippen LogP) is 2.35. The minimum Gasteiger partial charge on any atom is -0.485 e. The quantitative estimate of drug-likeness (QED) is 0.818. The molecule has 0 aliphatic heterocycles. The highest BCUT2D eigenvalue weighted by Gasteiger charge is 2.03.